The molecular formula is C17H25NO3. The molecule has 116 valence electrons. The van der Waals surface area contributed by atoms with Crippen molar-refractivity contribution in [3.8, 4) is 0 Å². The molecule has 7 aliphatic rings. The van der Waals surface area contributed by atoms with E-state index in [4.69, 9.17) is 0 Å². The molecule has 0 aromatic rings. The Balaban J connectivity index is 1.61. The number of aliphatic hydroxyl groups excluding tert-OH is 1. The highest BCUT2D eigenvalue weighted by atomic mass is 16.6. The first-order valence-electron chi connectivity index (χ1n) is 8.92. The standard InChI is InChI=1S/C17H25NO3/c19-3-1-2-17(18(20)21)10-7-12-11-4-9-5-14(12)16(17)15(6-9)13(11)8-10/h9-16,19H,1-8H2. The van der Waals surface area contributed by atoms with Crippen molar-refractivity contribution in [2.45, 2.75) is 50.5 Å². The zero-order valence-electron chi connectivity index (χ0n) is 12.5. The summed E-state index contributed by atoms with van der Waals surface area (Å²) in [5.74, 6) is 5.36. The first-order chi connectivity index (χ1) is 10.2. The van der Waals surface area contributed by atoms with Gasteiger partial charge in [-0.25, -0.2) is 0 Å². The van der Waals surface area contributed by atoms with Gasteiger partial charge in [0.1, 0.15) is 0 Å². The van der Waals surface area contributed by atoms with Gasteiger partial charge in [-0.1, -0.05) is 0 Å². The molecule has 1 N–H and O–H groups in total. The lowest BCUT2D eigenvalue weighted by atomic mass is 9.31. The van der Waals surface area contributed by atoms with Crippen LogP contribution in [0.25, 0.3) is 0 Å². The fraction of sp³-hybridized carbons (Fsp3) is 1.00. The summed E-state index contributed by atoms with van der Waals surface area (Å²) in [6.07, 6.45) is 7.45. The van der Waals surface area contributed by atoms with E-state index in [0.717, 1.165) is 36.5 Å². The first-order valence-corrected chi connectivity index (χ1v) is 8.92. The molecule has 7 rings (SSSR count). The molecule has 0 radical (unpaired) electrons. The van der Waals surface area contributed by atoms with E-state index in [-0.39, 0.29) is 11.5 Å². The van der Waals surface area contributed by atoms with Crippen LogP contribution in [0.15, 0.2) is 0 Å². The number of rotatable bonds is 4. The topological polar surface area (TPSA) is 63.4 Å². The zero-order chi connectivity index (χ0) is 14.4. The van der Waals surface area contributed by atoms with Gasteiger partial charge in [-0.2, -0.15) is 0 Å². The molecule has 7 fully saturated rings. The van der Waals surface area contributed by atoms with Crippen molar-refractivity contribution >= 4 is 0 Å². The monoisotopic (exact) mass is 291 g/mol. The molecule has 0 saturated heterocycles. The van der Waals surface area contributed by atoms with Crippen molar-refractivity contribution in [2.24, 2.45) is 47.3 Å². The van der Waals surface area contributed by atoms with Gasteiger partial charge < -0.3 is 5.11 Å². The Labute approximate surface area is 125 Å². The van der Waals surface area contributed by atoms with Crippen molar-refractivity contribution in [3.05, 3.63) is 10.1 Å². The van der Waals surface area contributed by atoms with E-state index in [9.17, 15) is 15.2 Å². The quantitative estimate of drug-likeness (QED) is 0.640. The smallest absolute Gasteiger partial charge is 0.228 e. The van der Waals surface area contributed by atoms with Crippen LogP contribution < -0.4 is 0 Å². The third-order valence-electron chi connectivity index (χ3n) is 8.41. The molecule has 7 aliphatic carbocycles. The average Bonchev–Trinajstić information content (AvgIpc) is 2.49. The van der Waals surface area contributed by atoms with E-state index in [1.54, 1.807) is 0 Å². The maximum atomic E-state index is 12.2. The SMILES string of the molecule is O=[N+]([O-])C1(CCCO)C2CC3C4CC5CC3C1C(C5)C4C2. The van der Waals surface area contributed by atoms with Gasteiger partial charge in [-0.05, 0) is 74.0 Å². The molecule has 21 heavy (non-hydrogen) atoms. The molecule has 0 aromatic heterocycles. The lowest BCUT2D eigenvalue weighted by Gasteiger charge is -2.72. The first kappa shape index (κ1) is 12.9. The number of hydrogen-bond acceptors (Lipinski definition) is 3. The van der Waals surface area contributed by atoms with Crippen LogP contribution in [0, 0.1) is 57.5 Å². The zero-order valence-corrected chi connectivity index (χ0v) is 12.5. The second-order valence-corrected chi connectivity index (χ2v) is 8.66. The molecular weight excluding hydrogens is 266 g/mol. The van der Waals surface area contributed by atoms with Gasteiger partial charge >= 0.3 is 0 Å². The molecule has 0 aromatic carbocycles. The average molecular weight is 291 g/mol. The minimum absolute atomic E-state index is 0.0997. The molecule has 5 atom stereocenters. The summed E-state index contributed by atoms with van der Waals surface area (Å²) in [5.41, 5.74) is -0.682. The van der Waals surface area contributed by atoms with E-state index in [1.807, 2.05) is 0 Å². The second-order valence-electron chi connectivity index (χ2n) is 8.66. The fourth-order valence-electron chi connectivity index (χ4n) is 8.21. The van der Waals surface area contributed by atoms with Crippen LogP contribution >= 0.6 is 0 Å². The maximum absolute atomic E-state index is 12.2. The molecule has 0 heterocycles. The fourth-order valence-corrected chi connectivity index (χ4v) is 8.21. The minimum atomic E-state index is -0.682. The third kappa shape index (κ3) is 1.32. The summed E-state index contributed by atoms with van der Waals surface area (Å²) < 4.78 is 0. The Bertz CT molecular complexity index is 470. The van der Waals surface area contributed by atoms with E-state index in [1.165, 1.54) is 19.3 Å². The summed E-state index contributed by atoms with van der Waals surface area (Å²) in [7, 11) is 0. The lowest BCUT2D eigenvalue weighted by molar-refractivity contribution is -0.616. The Kier molecular flexibility index (Phi) is 2.45. The van der Waals surface area contributed by atoms with Gasteiger partial charge in [0.2, 0.25) is 5.54 Å². The highest BCUT2D eigenvalue weighted by Gasteiger charge is 2.75. The van der Waals surface area contributed by atoms with Crippen molar-refractivity contribution in [3.63, 3.8) is 0 Å². The highest BCUT2D eigenvalue weighted by Crippen LogP contribution is 2.74. The van der Waals surface area contributed by atoms with Gasteiger partial charge in [-0.3, -0.25) is 10.1 Å². The summed E-state index contributed by atoms with van der Waals surface area (Å²) in [5, 5.41) is 21.4. The van der Waals surface area contributed by atoms with Gasteiger partial charge in [0.05, 0.1) is 0 Å². The van der Waals surface area contributed by atoms with E-state index < -0.39 is 5.54 Å². The second kappa shape index (κ2) is 4.01. The van der Waals surface area contributed by atoms with Crippen LogP contribution in [0.1, 0.15) is 44.9 Å². The van der Waals surface area contributed by atoms with Crippen LogP contribution in [-0.4, -0.2) is 22.2 Å². The van der Waals surface area contributed by atoms with Crippen LogP contribution in [0.3, 0.4) is 0 Å². The van der Waals surface area contributed by atoms with Gasteiger partial charge in [-0.15, -0.1) is 0 Å². The highest BCUT2D eigenvalue weighted by molar-refractivity contribution is 5.19. The number of hydrogen-bond donors (Lipinski definition) is 1. The molecule has 7 saturated carbocycles. The molecule has 0 spiro atoms. The predicted octanol–water partition coefficient (Wildman–Crippen LogP) is 2.72. The minimum Gasteiger partial charge on any atom is -0.396 e. The van der Waals surface area contributed by atoms with Crippen molar-refractivity contribution in [2.75, 3.05) is 6.61 Å². The Hall–Kier alpha value is -0.640. The largest absolute Gasteiger partial charge is 0.396 e. The lowest BCUT2D eigenvalue weighted by Crippen LogP contribution is -2.73. The maximum Gasteiger partial charge on any atom is 0.228 e. The summed E-state index contributed by atoms with van der Waals surface area (Å²) >= 11 is 0. The van der Waals surface area contributed by atoms with Crippen LogP contribution in [-0.2, 0) is 0 Å². The van der Waals surface area contributed by atoms with E-state index in [2.05, 4.69) is 0 Å². The van der Waals surface area contributed by atoms with Crippen molar-refractivity contribution < 1.29 is 10.0 Å². The molecule has 4 heteroatoms. The van der Waals surface area contributed by atoms with E-state index in [0.29, 0.717) is 36.5 Å². The van der Waals surface area contributed by atoms with Crippen LogP contribution in [0.2, 0.25) is 0 Å². The molecule has 5 unspecified atom stereocenters. The third-order valence-corrected chi connectivity index (χ3v) is 8.41. The Morgan fingerprint density at radius 1 is 1.00 bits per heavy atom. The molecule has 8 bridgehead atoms. The number of aliphatic hydroxyl groups is 1. The molecule has 4 nitrogen and oxygen atoms in total. The summed E-state index contributed by atoms with van der Waals surface area (Å²) in [6.45, 7) is 0.0997. The Morgan fingerprint density at radius 2 is 1.57 bits per heavy atom. The van der Waals surface area contributed by atoms with Crippen molar-refractivity contribution in [1.29, 1.82) is 0 Å². The van der Waals surface area contributed by atoms with Gasteiger partial charge in [0, 0.05) is 29.8 Å². The van der Waals surface area contributed by atoms with Gasteiger partial charge in [0.25, 0.3) is 0 Å². The summed E-state index contributed by atoms with van der Waals surface area (Å²) in [4.78, 5) is 12.3. The molecule has 0 aliphatic heterocycles. The van der Waals surface area contributed by atoms with E-state index >= 15 is 0 Å². The number of nitrogens with zero attached hydrogens (tertiary/aromatic N) is 1. The molecule has 0 amide bonds. The Morgan fingerprint density at radius 3 is 2.14 bits per heavy atom. The predicted molar refractivity (Wildman–Crippen MR) is 77.1 cm³/mol. The number of nitro groups is 1. The summed E-state index contributed by atoms with van der Waals surface area (Å²) in [6, 6.07) is 0. The van der Waals surface area contributed by atoms with Crippen LogP contribution in [0.5, 0.6) is 0 Å². The normalized spacial score (nSPS) is 58.9. The van der Waals surface area contributed by atoms with Crippen LogP contribution in [0.4, 0.5) is 0 Å². The van der Waals surface area contributed by atoms with Crippen molar-refractivity contribution in [1.82, 2.24) is 0 Å². The van der Waals surface area contributed by atoms with Gasteiger partial charge in [0.15, 0.2) is 0 Å².